The van der Waals surface area contributed by atoms with Gasteiger partial charge in [0, 0.05) is 19.6 Å². The van der Waals surface area contributed by atoms with Crippen LogP contribution in [0.4, 0.5) is 13.2 Å². The zero-order valence-electron chi connectivity index (χ0n) is 13.4. The van der Waals surface area contributed by atoms with Crippen LogP contribution in [0, 0.1) is 17.8 Å². The summed E-state index contributed by atoms with van der Waals surface area (Å²) in [5.74, 6) is -4.89. The Kier molecular flexibility index (Phi) is 8.34. The second-order valence-corrected chi connectivity index (χ2v) is 6.20. The third kappa shape index (κ3) is 6.18. The number of carbonyl (C=O) groups excluding carboxylic acids is 1. The van der Waals surface area contributed by atoms with Crippen molar-refractivity contribution in [2.24, 2.45) is 17.8 Å². The molecule has 1 fully saturated rings. The van der Waals surface area contributed by atoms with Gasteiger partial charge >= 0.3 is 12.1 Å². The van der Waals surface area contributed by atoms with Gasteiger partial charge in [-0.05, 0) is 19.3 Å². The van der Waals surface area contributed by atoms with Crippen LogP contribution in [-0.4, -0.2) is 53.7 Å². The van der Waals surface area contributed by atoms with E-state index >= 15 is 0 Å². The van der Waals surface area contributed by atoms with Gasteiger partial charge in [0.05, 0.1) is 17.9 Å². The molecule has 0 aromatic rings. The molecule has 1 unspecified atom stereocenters. The molecule has 1 rings (SSSR count). The first kappa shape index (κ1) is 22.0. The Morgan fingerprint density at radius 1 is 1.26 bits per heavy atom. The van der Waals surface area contributed by atoms with Gasteiger partial charge in [0.2, 0.25) is 5.91 Å². The normalized spacial score (nSPS) is 23.4. The van der Waals surface area contributed by atoms with Crippen molar-refractivity contribution in [1.29, 1.82) is 0 Å². The Balaban J connectivity index is 0.00000484. The molecule has 0 bridgehead atoms. The Morgan fingerprint density at radius 2 is 1.83 bits per heavy atom. The molecule has 0 aliphatic carbocycles. The molecule has 1 heterocycles. The lowest BCUT2D eigenvalue weighted by Crippen LogP contribution is -2.45. The minimum absolute atomic E-state index is 0. The molecule has 0 aromatic heterocycles. The van der Waals surface area contributed by atoms with Crippen molar-refractivity contribution < 1.29 is 27.9 Å². The van der Waals surface area contributed by atoms with Gasteiger partial charge in [-0.1, -0.05) is 13.8 Å². The van der Waals surface area contributed by atoms with Gasteiger partial charge in [-0.25, -0.2) is 0 Å². The summed E-state index contributed by atoms with van der Waals surface area (Å²) in [5.41, 5.74) is 0. The van der Waals surface area contributed by atoms with Crippen molar-refractivity contribution in [3.8, 4) is 0 Å². The van der Waals surface area contributed by atoms with Crippen molar-refractivity contribution in [2.45, 2.75) is 39.4 Å². The van der Waals surface area contributed by atoms with E-state index in [2.05, 4.69) is 5.32 Å². The zero-order valence-corrected chi connectivity index (χ0v) is 14.2. The molecule has 0 spiro atoms. The molecule has 1 amide bonds. The van der Waals surface area contributed by atoms with Crippen LogP contribution in [0.15, 0.2) is 0 Å². The number of rotatable bonds is 6. The van der Waals surface area contributed by atoms with Crippen LogP contribution < -0.4 is 5.32 Å². The SMILES string of the molecule is CC(C)CCNC(=O)C(C)N1C[C@@H](C(F)(F)F)[C@H](C(=O)O)C1.Cl. The van der Waals surface area contributed by atoms with Crippen molar-refractivity contribution in [2.75, 3.05) is 19.6 Å². The molecule has 1 aliphatic heterocycles. The standard InChI is InChI=1S/C14H23F3N2O3.ClH/c1-8(2)4-5-18-12(20)9(3)19-6-10(13(21)22)11(7-19)14(15,16)17;/h8-11H,4-7H2,1-3H3,(H,18,20)(H,21,22);1H/t9?,10-,11-;/m1./s1. The maximum absolute atomic E-state index is 12.9. The average Bonchev–Trinajstić information content (AvgIpc) is 2.82. The minimum Gasteiger partial charge on any atom is -0.481 e. The Bertz CT molecular complexity index is 419. The number of likely N-dealkylation sites (tertiary alicyclic amines) is 1. The van der Waals surface area contributed by atoms with Crippen LogP contribution >= 0.6 is 12.4 Å². The molecule has 1 saturated heterocycles. The summed E-state index contributed by atoms with van der Waals surface area (Å²) >= 11 is 0. The lowest BCUT2D eigenvalue weighted by molar-refractivity contribution is -0.188. The van der Waals surface area contributed by atoms with E-state index in [-0.39, 0.29) is 24.9 Å². The number of carboxylic acids is 1. The van der Waals surface area contributed by atoms with Gasteiger partial charge in [-0.15, -0.1) is 12.4 Å². The second-order valence-electron chi connectivity index (χ2n) is 6.20. The number of alkyl halides is 3. The molecule has 136 valence electrons. The Hall–Kier alpha value is -1.02. The topological polar surface area (TPSA) is 69.6 Å². The van der Waals surface area contributed by atoms with E-state index in [0.717, 1.165) is 6.42 Å². The number of carboxylic acid groups (broad SMARTS) is 1. The number of nitrogens with one attached hydrogen (secondary N) is 1. The average molecular weight is 361 g/mol. The molecule has 0 radical (unpaired) electrons. The summed E-state index contributed by atoms with van der Waals surface area (Å²) in [5, 5.41) is 11.6. The molecular weight excluding hydrogens is 337 g/mol. The van der Waals surface area contributed by atoms with Crippen LogP contribution in [0.3, 0.4) is 0 Å². The quantitative estimate of drug-likeness (QED) is 0.761. The van der Waals surface area contributed by atoms with Gasteiger partial charge in [-0.3, -0.25) is 14.5 Å². The number of nitrogens with zero attached hydrogens (tertiary/aromatic N) is 1. The van der Waals surface area contributed by atoms with Gasteiger partial charge in [0.15, 0.2) is 0 Å². The molecule has 3 atom stereocenters. The van der Waals surface area contributed by atoms with E-state index < -0.39 is 36.6 Å². The number of carbonyl (C=O) groups is 2. The van der Waals surface area contributed by atoms with Crippen molar-refractivity contribution in [1.82, 2.24) is 10.2 Å². The summed E-state index contributed by atoms with van der Waals surface area (Å²) in [6.45, 7) is 5.24. The Morgan fingerprint density at radius 3 is 2.22 bits per heavy atom. The predicted octanol–water partition coefficient (Wildman–Crippen LogP) is 2.15. The van der Waals surface area contributed by atoms with E-state index in [0.29, 0.717) is 12.5 Å². The van der Waals surface area contributed by atoms with Crippen molar-refractivity contribution in [3.63, 3.8) is 0 Å². The smallest absolute Gasteiger partial charge is 0.393 e. The summed E-state index contributed by atoms with van der Waals surface area (Å²) in [6, 6.07) is -0.777. The molecule has 1 aliphatic rings. The predicted molar refractivity (Wildman–Crippen MR) is 81.4 cm³/mol. The first-order chi connectivity index (χ1) is 10.0. The molecule has 0 aromatic carbocycles. The summed E-state index contributed by atoms with van der Waals surface area (Å²) in [7, 11) is 0. The minimum atomic E-state index is -4.58. The largest absolute Gasteiger partial charge is 0.481 e. The summed E-state index contributed by atoms with van der Waals surface area (Å²) in [4.78, 5) is 24.3. The van der Waals surface area contributed by atoms with E-state index in [1.54, 1.807) is 0 Å². The van der Waals surface area contributed by atoms with Crippen LogP contribution in [0.2, 0.25) is 0 Å². The highest BCUT2D eigenvalue weighted by molar-refractivity contribution is 5.85. The van der Waals surface area contributed by atoms with Gasteiger partial charge < -0.3 is 10.4 Å². The molecule has 0 saturated carbocycles. The maximum Gasteiger partial charge on any atom is 0.393 e. The van der Waals surface area contributed by atoms with Crippen molar-refractivity contribution in [3.05, 3.63) is 0 Å². The van der Waals surface area contributed by atoms with Crippen LogP contribution in [0.5, 0.6) is 0 Å². The first-order valence-corrected chi connectivity index (χ1v) is 7.35. The molecule has 2 N–H and O–H groups in total. The summed E-state index contributed by atoms with van der Waals surface area (Å²) in [6.07, 6.45) is -3.80. The fourth-order valence-electron chi connectivity index (χ4n) is 2.53. The third-order valence-corrected chi connectivity index (χ3v) is 4.03. The zero-order chi connectivity index (χ0) is 17.1. The van der Waals surface area contributed by atoms with Crippen LogP contribution in [0.1, 0.15) is 27.2 Å². The maximum atomic E-state index is 12.9. The lowest BCUT2D eigenvalue weighted by atomic mass is 9.96. The van der Waals surface area contributed by atoms with E-state index in [9.17, 15) is 22.8 Å². The first-order valence-electron chi connectivity index (χ1n) is 7.35. The van der Waals surface area contributed by atoms with Crippen molar-refractivity contribution >= 4 is 24.3 Å². The molecule has 23 heavy (non-hydrogen) atoms. The van der Waals surface area contributed by atoms with E-state index in [1.165, 1.54) is 11.8 Å². The number of amides is 1. The van der Waals surface area contributed by atoms with Gasteiger partial charge in [-0.2, -0.15) is 13.2 Å². The second kappa shape index (κ2) is 8.73. The fourth-order valence-corrected chi connectivity index (χ4v) is 2.53. The highest BCUT2D eigenvalue weighted by Crippen LogP contribution is 2.38. The number of hydrogen-bond donors (Lipinski definition) is 2. The number of aliphatic carboxylic acids is 1. The molecular formula is C14H24ClF3N2O3. The Labute approximate surface area is 140 Å². The molecule has 5 nitrogen and oxygen atoms in total. The van der Waals surface area contributed by atoms with Gasteiger partial charge in [0.1, 0.15) is 0 Å². The highest BCUT2D eigenvalue weighted by atomic mass is 35.5. The number of hydrogen-bond acceptors (Lipinski definition) is 3. The fraction of sp³-hybridized carbons (Fsp3) is 0.857. The highest BCUT2D eigenvalue weighted by Gasteiger charge is 2.53. The van der Waals surface area contributed by atoms with E-state index in [1.807, 2.05) is 13.8 Å². The van der Waals surface area contributed by atoms with Crippen LogP contribution in [-0.2, 0) is 9.59 Å². The molecule has 9 heteroatoms. The van der Waals surface area contributed by atoms with E-state index in [4.69, 9.17) is 5.11 Å². The van der Waals surface area contributed by atoms with Gasteiger partial charge in [0.25, 0.3) is 0 Å². The number of halogens is 4. The monoisotopic (exact) mass is 360 g/mol. The third-order valence-electron chi connectivity index (χ3n) is 4.03. The van der Waals surface area contributed by atoms with Crippen LogP contribution in [0.25, 0.3) is 0 Å². The summed E-state index contributed by atoms with van der Waals surface area (Å²) < 4.78 is 38.7. The lowest BCUT2D eigenvalue weighted by Gasteiger charge is -2.24.